The standard InChI is InChI=1S/C10H15NO2/c1-7-2-3-9-10(13-6-12-9)8(7)4-5-11/h2-3,7-8H,4-6,11H2,1H3. The van der Waals surface area contributed by atoms with Crippen LogP contribution in [0.5, 0.6) is 0 Å². The van der Waals surface area contributed by atoms with Crippen LogP contribution in [0.3, 0.4) is 0 Å². The Hall–Kier alpha value is -0.960. The molecule has 0 radical (unpaired) electrons. The van der Waals surface area contributed by atoms with Crippen LogP contribution in [-0.2, 0) is 9.47 Å². The maximum Gasteiger partial charge on any atom is 0.230 e. The second-order valence-corrected chi connectivity index (χ2v) is 3.54. The van der Waals surface area contributed by atoms with Crippen molar-refractivity contribution in [2.24, 2.45) is 17.6 Å². The lowest BCUT2D eigenvalue weighted by Gasteiger charge is -2.23. The largest absolute Gasteiger partial charge is 0.458 e. The smallest absolute Gasteiger partial charge is 0.230 e. The van der Waals surface area contributed by atoms with E-state index in [0.717, 1.165) is 17.9 Å². The van der Waals surface area contributed by atoms with Gasteiger partial charge in [0.15, 0.2) is 5.76 Å². The molecule has 2 unspecified atom stereocenters. The summed E-state index contributed by atoms with van der Waals surface area (Å²) in [5, 5.41) is 0. The highest BCUT2D eigenvalue weighted by atomic mass is 16.7. The molecule has 72 valence electrons. The van der Waals surface area contributed by atoms with E-state index in [9.17, 15) is 0 Å². The Bertz CT molecular complexity index is 258. The average Bonchev–Trinajstić information content (AvgIpc) is 2.58. The molecule has 2 atom stereocenters. The molecule has 0 aromatic heterocycles. The van der Waals surface area contributed by atoms with Gasteiger partial charge >= 0.3 is 0 Å². The maximum absolute atomic E-state index is 5.56. The van der Waals surface area contributed by atoms with Gasteiger partial charge in [0.05, 0.1) is 0 Å². The van der Waals surface area contributed by atoms with Gasteiger partial charge in [-0.2, -0.15) is 0 Å². The highest BCUT2D eigenvalue weighted by Crippen LogP contribution is 2.36. The summed E-state index contributed by atoms with van der Waals surface area (Å²) in [7, 11) is 0. The first-order valence-electron chi connectivity index (χ1n) is 4.71. The van der Waals surface area contributed by atoms with Crippen molar-refractivity contribution < 1.29 is 9.47 Å². The monoisotopic (exact) mass is 181 g/mol. The Morgan fingerprint density at radius 3 is 3.15 bits per heavy atom. The number of rotatable bonds is 2. The predicted octanol–water partition coefficient (Wildman–Crippen LogP) is 1.37. The number of hydrogen-bond donors (Lipinski definition) is 1. The normalized spacial score (nSPS) is 31.2. The molecule has 0 amide bonds. The minimum atomic E-state index is 0.364. The molecule has 3 nitrogen and oxygen atoms in total. The lowest BCUT2D eigenvalue weighted by atomic mass is 9.85. The topological polar surface area (TPSA) is 44.5 Å². The van der Waals surface area contributed by atoms with Crippen molar-refractivity contribution >= 4 is 0 Å². The zero-order valence-corrected chi connectivity index (χ0v) is 7.82. The van der Waals surface area contributed by atoms with Crippen molar-refractivity contribution in [3.05, 3.63) is 23.7 Å². The molecular formula is C10H15NO2. The van der Waals surface area contributed by atoms with Crippen molar-refractivity contribution in [2.75, 3.05) is 13.3 Å². The SMILES string of the molecule is CC1C=CC2=C(OCO2)C1CCN. The molecule has 0 aromatic rings. The van der Waals surface area contributed by atoms with Crippen LogP contribution >= 0.6 is 0 Å². The first kappa shape index (κ1) is 8.63. The zero-order valence-electron chi connectivity index (χ0n) is 7.82. The van der Waals surface area contributed by atoms with Crippen molar-refractivity contribution in [3.8, 4) is 0 Å². The second-order valence-electron chi connectivity index (χ2n) is 3.54. The van der Waals surface area contributed by atoms with Gasteiger partial charge in [0.1, 0.15) is 5.76 Å². The molecule has 1 heterocycles. The molecule has 0 fully saturated rings. The summed E-state index contributed by atoms with van der Waals surface area (Å²) in [5.41, 5.74) is 5.56. The van der Waals surface area contributed by atoms with E-state index in [0.29, 0.717) is 25.2 Å². The van der Waals surface area contributed by atoms with Crippen LogP contribution in [0.15, 0.2) is 23.7 Å². The molecule has 0 aromatic carbocycles. The highest BCUT2D eigenvalue weighted by Gasteiger charge is 2.30. The molecule has 3 heteroatoms. The summed E-state index contributed by atoms with van der Waals surface area (Å²) in [6, 6.07) is 0. The summed E-state index contributed by atoms with van der Waals surface area (Å²) in [5.74, 6) is 2.81. The number of nitrogens with two attached hydrogens (primary N) is 1. The van der Waals surface area contributed by atoms with E-state index >= 15 is 0 Å². The van der Waals surface area contributed by atoms with Crippen LogP contribution < -0.4 is 5.73 Å². The van der Waals surface area contributed by atoms with Gasteiger partial charge in [-0.3, -0.25) is 0 Å². The Kier molecular flexibility index (Phi) is 2.27. The molecule has 2 N–H and O–H groups in total. The van der Waals surface area contributed by atoms with E-state index in [-0.39, 0.29) is 0 Å². The van der Waals surface area contributed by atoms with Crippen molar-refractivity contribution in [1.82, 2.24) is 0 Å². The molecule has 0 saturated carbocycles. The third-order valence-corrected chi connectivity index (χ3v) is 2.67. The van der Waals surface area contributed by atoms with E-state index in [4.69, 9.17) is 15.2 Å². The molecule has 2 aliphatic rings. The average molecular weight is 181 g/mol. The molecule has 0 bridgehead atoms. The third kappa shape index (κ3) is 1.44. The van der Waals surface area contributed by atoms with E-state index in [1.807, 2.05) is 6.08 Å². The summed E-state index contributed by atoms with van der Waals surface area (Å²) >= 11 is 0. The molecule has 0 spiro atoms. The van der Waals surface area contributed by atoms with Gasteiger partial charge in [0, 0.05) is 5.92 Å². The van der Waals surface area contributed by atoms with Gasteiger partial charge in [-0.15, -0.1) is 0 Å². The summed E-state index contributed by atoms with van der Waals surface area (Å²) in [4.78, 5) is 0. The first-order valence-corrected chi connectivity index (χ1v) is 4.71. The zero-order chi connectivity index (χ0) is 9.26. The Morgan fingerprint density at radius 2 is 2.38 bits per heavy atom. The van der Waals surface area contributed by atoms with Crippen LogP contribution in [0, 0.1) is 11.8 Å². The fourth-order valence-electron chi connectivity index (χ4n) is 1.90. The third-order valence-electron chi connectivity index (χ3n) is 2.67. The Morgan fingerprint density at radius 1 is 1.54 bits per heavy atom. The van der Waals surface area contributed by atoms with Crippen molar-refractivity contribution in [3.63, 3.8) is 0 Å². The van der Waals surface area contributed by atoms with E-state index < -0.39 is 0 Å². The van der Waals surface area contributed by atoms with Crippen molar-refractivity contribution in [2.45, 2.75) is 13.3 Å². The maximum atomic E-state index is 5.56. The van der Waals surface area contributed by atoms with Gasteiger partial charge in [-0.25, -0.2) is 0 Å². The molecule has 13 heavy (non-hydrogen) atoms. The van der Waals surface area contributed by atoms with E-state index in [2.05, 4.69) is 13.0 Å². The Labute approximate surface area is 78.2 Å². The molecule has 2 rings (SSSR count). The quantitative estimate of drug-likeness (QED) is 0.699. The molecule has 1 aliphatic carbocycles. The molecule has 0 saturated heterocycles. The van der Waals surface area contributed by atoms with Crippen LogP contribution in [0.4, 0.5) is 0 Å². The number of ether oxygens (including phenoxy) is 2. The minimum Gasteiger partial charge on any atom is -0.458 e. The number of hydrogen-bond acceptors (Lipinski definition) is 3. The number of allylic oxidation sites excluding steroid dienone is 3. The summed E-state index contributed by atoms with van der Waals surface area (Å²) in [6.07, 6.45) is 5.13. The van der Waals surface area contributed by atoms with Gasteiger partial charge in [0.25, 0.3) is 0 Å². The van der Waals surface area contributed by atoms with Crippen molar-refractivity contribution in [1.29, 1.82) is 0 Å². The predicted molar refractivity (Wildman–Crippen MR) is 49.5 cm³/mol. The van der Waals surface area contributed by atoms with Crippen LogP contribution in [0.2, 0.25) is 0 Å². The minimum absolute atomic E-state index is 0.364. The van der Waals surface area contributed by atoms with Gasteiger partial charge < -0.3 is 15.2 Å². The van der Waals surface area contributed by atoms with Crippen LogP contribution in [0.25, 0.3) is 0 Å². The highest BCUT2D eigenvalue weighted by molar-refractivity contribution is 5.26. The van der Waals surface area contributed by atoms with E-state index in [1.165, 1.54) is 0 Å². The van der Waals surface area contributed by atoms with Crippen LogP contribution in [-0.4, -0.2) is 13.3 Å². The summed E-state index contributed by atoms with van der Waals surface area (Å²) in [6.45, 7) is 3.24. The van der Waals surface area contributed by atoms with Gasteiger partial charge in [-0.05, 0) is 25.0 Å². The second kappa shape index (κ2) is 3.42. The van der Waals surface area contributed by atoms with E-state index in [1.54, 1.807) is 0 Å². The Balaban J connectivity index is 2.19. The fraction of sp³-hybridized carbons (Fsp3) is 0.600. The lowest BCUT2D eigenvalue weighted by Crippen LogP contribution is -2.20. The van der Waals surface area contributed by atoms with Crippen LogP contribution in [0.1, 0.15) is 13.3 Å². The lowest BCUT2D eigenvalue weighted by molar-refractivity contribution is 0.0637. The van der Waals surface area contributed by atoms with Gasteiger partial charge in [0.2, 0.25) is 6.79 Å². The van der Waals surface area contributed by atoms with Gasteiger partial charge in [-0.1, -0.05) is 13.0 Å². The molecular weight excluding hydrogens is 166 g/mol. The summed E-state index contributed by atoms with van der Waals surface area (Å²) < 4.78 is 10.8. The fourth-order valence-corrected chi connectivity index (χ4v) is 1.90. The first-order chi connectivity index (χ1) is 6.33. The molecule has 1 aliphatic heterocycles.